The molecule has 1 aliphatic carbocycles. The van der Waals surface area contributed by atoms with E-state index >= 15 is 0 Å². The van der Waals surface area contributed by atoms with Crippen molar-refractivity contribution in [1.82, 2.24) is 9.78 Å². The van der Waals surface area contributed by atoms with Crippen molar-refractivity contribution in [2.24, 2.45) is 0 Å². The van der Waals surface area contributed by atoms with Gasteiger partial charge in [0.25, 0.3) is 0 Å². The van der Waals surface area contributed by atoms with Gasteiger partial charge in [0.15, 0.2) is 5.69 Å². The normalized spacial score (nSPS) is 14.3. The van der Waals surface area contributed by atoms with Crippen LogP contribution in [0, 0.1) is 12.3 Å². The van der Waals surface area contributed by atoms with Crippen LogP contribution in [-0.4, -0.2) is 20.9 Å². The summed E-state index contributed by atoms with van der Waals surface area (Å²) in [6, 6.07) is 0. The Balaban J connectivity index is 2.51. The molecule has 0 unspecified atom stereocenters. The fourth-order valence-electron chi connectivity index (χ4n) is 2.05. The SMILES string of the molecule is C#CCn1nc2c(c1C(=O)O)CCCC2. The van der Waals surface area contributed by atoms with Crippen LogP contribution in [0.1, 0.15) is 34.6 Å². The molecule has 0 aliphatic heterocycles. The molecule has 0 radical (unpaired) electrons. The Morgan fingerprint density at radius 1 is 1.53 bits per heavy atom. The Hall–Kier alpha value is -1.76. The Labute approximate surface area is 87.9 Å². The van der Waals surface area contributed by atoms with Crippen molar-refractivity contribution in [3.05, 3.63) is 17.0 Å². The van der Waals surface area contributed by atoms with Gasteiger partial charge < -0.3 is 5.11 Å². The van der Waals surface area contributed by atoms with Gasteiger partial charge in [0, 0.05) is 5.56 Å². The summed E-state index contributed by atoms with van der Waals surface area (Å²) >= 11 is 0. The van der Waals surface area contributed by atoms with E-state index in [4.69, 9.17) is 11.5 Å². The predicted octanol–water partition coefficient (Wildman–Crippen LogP) is 1.09. The number of rotatable bonds is 2. The van der Waals surface area contributed by atoms with Gasteiger partial charge in [-0.1, -0.05) is 5.92 Å². The standard InChI is InChI=1S/C11H12N2O2/c1-2-7-13-10(11(14)15)8-5-3-4-6-9(8)12-13/h1H,3-7H2,(H,14,15). The lowest BCUT2D eigenvalue weighted by molar-refractivity contribution is 0.0683. The highest BCUT2D eigenvalue weighted by molar-refractivity contribution is 5.87. The molecule has 0 spiro atoms. The average Bonchev–Trinajstić information content (AvgIpc) is 2.56. The van der Waals surface area contributed by atoms with Gasteiger partial charge in [0.1, 0.15) is 6.54 Å². The molecular formula is C11H12N2O2. The van der Waals surface area contributed by atoms with E-state index in [2.05, 4.69) is 11.0 Å². The van der Waals surface area contributed by atoms with Crippen molar-refractivity contribution >= 4 is 5.97 Å². The number of carboxylic acid groups (broad SMARTS) is 1. The Kier molecular flexibility index (Phi) is 2.46. The van der Waals surface area contributed by atoms with E-state index in [0.717, 1.165) is 36.9 Å². The van der Waals surface area contributed by atoms with Crippen LogP contribution in [0.2, 0.25) is 0 Å². The number of nitrogens with zero attached hydrogens (tertiary/aromatic N) is 2. The van der Waals surface area contributed by atoms with Crippen molar-refractivity contribution in [2.75, 3.05) is 0 Å². The summed E-state index contributed by atoms with van der Waals surface area (Å²) in [5.41, 5.74) is 2.07. The maximum Gasteiger partial charge on any atom is 0.354 e. The second kappa shape index (κ2) is 3.77. The third kappa shape index (κ3) is 1.61. The molecular weight excluding hydrogens is 192 g/mol. The van der Waals surface area contributed by atoms with E-state index in [1.165, 1.54) is 4.68 Å². The monoisotopic (exact) mass is 204 g/mol. The van der Waals surface area contributed by atoms with Gasteiger partial charge in [0.05, 0.1) is 5.69 Å². The highest BCUT2D eigenvalue weighted by Crippen LogP contribution is 2.23. The van der Waals surface area contributed by atoms with Crippen LogP contribution in [0.25, 0.3) is 0 Å². The number of hydrogen-bond acceptors (Lipinski definition) is 2. The number of aryl methyl sites for hydroxylation is 1. The quantitative estimate of drug-likeness (QED) is 0.734. The van der Waals surface area contributed by atoms with Crippen LogP contribution < -0.4 is 0 Å². The van der Waals surface area contributed by atoms with Crippen molar-refractivity contribution in [3.8, 4) is 12.3 Å². The first kappa shape index (κ1) is 9.78. The summed E-state index contributed by atoms with van der Waals surface area (Å²) in [5.74, 6) is 1.50. The number of hydrogen-bond donors (Lipinski definition) is 1. The molecule has 0 amide bonds. The van der Waals surface area contributed by atoms with Crippen LogP contribution in [0.15, 0.2) is 0 Å². The topological polar surface area (TPSA) is 55.1 Å². The van der Waals surface area contributed by atoms with Crippen LogP contribution in [-0.2, 0) is 19.4 Å². The molecule has 0 fully saturated rings. The van der Waals surface area contributed by atoms with Gasteiger partial charge in [0.2, 0.25) is 0 Å². The molecule has 4 heteroatoms. The zero-order chi connectivity index (χ0) is 10.8. The van der Waals surface area contributed by atoms with Gasteiger partial charge in [-0.05, 0) is 25.7 Å². The second-order valence-electron chi connectivity index (χ2n) is 3.65. The molecule has 1 N–H and O–H groups in total. The van der Waals surface area contributed by atoms with E-state index in [1.807, 2.05) is 0 Å². The molecule has 78 valence electrons. The maximum absolute atomic E-state index is 11.1. The fourth-order valence-corrected chi connectivity index (χ4v) is 2.05. The zero-order valence-corrected chi connectivity index (χ0v) is 8.36. The van der Waals surface area contributed by atoms with E-state index in [1.54, 1.807) is 0 Å². The van der Waals surface area contributed by atoms with Gasteiger partial charge in [-0.2, -0.15) is 5.10 Å². The minimum Gasteiger partial charge on any atom is -0.477 e. The van der Waals surface area contributed by atoms with Gasteiger partial charge in [-0.3, -0.25) is 0 Å². The molecule has 0 bridgehead atoms. The number of aromatic nitrogens is 2. The third-order valence-corrected chi connectivity index (χ3v) is 2.67. The lowest BCUT2D eigenvalue weighted by atomic mass is 9.96. The lowest BCUT2D eigenvalue weighted by Crippen LogP contribution is -2.11. The summed E-state index contributed by atoms with van der Waals surface area (Å²) < 4.78 is 1.43. The van der Waals surface area contributed by atoms with Crippen LogP contribution in [0.5, 0.6) is 0 Å². The Morgan fingerprint density at radius 2 is 2.27 bits per heavy atom. The molecule has 0 atom stereocenters. The average molecular weight is 204 g/mol. The van der Waals surface area contributed by atoms with Crippen LogP contribution in [0.3, 0.4) is 0 Å². The summed E-state index contributed by atoms with van der Waals surface area (Å²) in [4.78, 5) is 11.1. The van der Waals surface area contributed by atoms with E-state index < -0.39 is 5.97 Å². The van der Waals surface area contributed by atoms with E-state index in [0.29, 0.717) is 0 Å². The first-order valence-corrected chi connectivity index (χ1v) is 4.99. The van der Waals surface area contributed by atoms with Crippen molar-refractivity contribution in [1.29, 1.82) is 0 Å². The number of aromatic carboxylic acids is 1. The molecule has 1 aliphatic rings. The summed E-state index contributed by atoms with van der Waals surface area (Å²) in [5, 5.41) is 13.4. The van der Waals surface area contributed by atoms with Crippen molar-refractivity contribution in [2.45, 2.75) is 32.2 Å². The molecule has 15 heavy (non-hydrogen) atoms. The number of carboxylic acids is 1. The largest absolute Gasteiger partial charge is 0.477 e. The number of terminal acetylenes is 1. The number of carbonyl (C=O) groups is 1. The van der Waals surface area contributed by atoms with Gasteiger partial charge >= 0.3 is 5.97 Å². The van der Waals surface area contributed by atoms with Crippen molar-refractivity contribution < 1.29 is 9.90 Å². The summed E-state index contributed by atoms with van der Waals surface area (Å²) in [7, 11) is 0. The van der Waals surface area contributed by atoms with Gasteiger partial charge in [-0.25, -0.2) is 9.48 Å². The Morgan fingerprint density at radius 3 is 2.93 bits per heavy atom. The highest BCUT2D eigenvalue weighted by Gasteiger charge is 2.24. The molecule has 1 heterocycles. The molecule has 1 aromatic rings. The second-order valence-corrected chi connectivity index (χ2v) is 3.65. The summed E-state index contributed by atoms with van der Waals surface area (Å²) in [6.45, 7) is 0.231. The predicted molar refractivity (Wildman–Crippen MR) is 54.7 cm³/mol. The third-order valence-electron chi connectivity index (χ3n) is 2.67. The summed E-state index contributed by atoms with van der Waals surface area (Å²) in [6.07, 6.45) is 8.98. The van der Waals surface area contributed by atoms with Crippen LogP contribution >= 0.6 is 0 Å². The molecule has 0 saturated heterocycles. The lowest BCUT2D eigenvalue weighted by Gasteiger charge is -2.08. The first-order valence-electron chi connectivity index (χ1n) is 4.99. The minimum atomic E-state index is -0.930. The zero-order valence-electron chi connectivity index (χ0n) is 8.36. The molecule has 0 saturated carbocycles. The van der Waals surface area contributed by atoms with Crippen molar-refractivity contribution in [3.63, 3.8) is 0 Å². The number of fused-ring (bicyclic) bond motifs is 1. The van der Waals surface area contributed by atoms with E-state index in [9.17, 15) is 4.79 Å². The molecule has 4 nitrogen and oxygen atoms in total. The van der Waals surface area contributed by atoms with Crippen LogP contribution in [0.4, 0.5) is 0 Å². The molecule has 0 aromatic carbocycles. The highest BCUT2D eigenvalue weighted by atomic mass is 16.4. The minimum absolute atomic E-state index is 0.231. The molecule has 2 rings (SSSR count). The first-order chi connectivity index (χ1) is 7.24. The van der Waals surface area contributed by atoms with Gasteiger partial charge in [-0.15, -0.1) is 6.42 Å². The fraction of sp³-hybridized carbons (Fsp3) is 0.455. The molecule has 1 aromatic heterocycles. The Bertz CT molecular complexity index is 440. The maximum atomic E-state index is 11.1. The smallest absolute Gasteiger partial charge is 0.354 e. The van der Waals surface area contributed by atoms with E-state index in [-0.39, 0.29) is 12.2 Å².